The van der Waals surface area contributed by atoms with E-state index in [1.807, 2.05) is 31.2 Å². The van der Waals surface area contributed by atoms with Gasteiger partial charge in [-0.1, -0.05) is 23.7 Å². The van der Waals surface area contributed by atoms with E-state index in [2.05, 4.69) is 22.4 Å². The Balaban J connectivity index is 1.86. The van der Waals surface area contributed by atoms with E-state index < -0.39 is 0 Å². The summed E-state index contributed by atoms with van der Waals surface area (Å²) in [6.45, 7) is 1.89. The number of rotatable bonds is 2. The van der Waals surface area contributed by atoms with Crippen LogP contribution in [-0.2, 0) is 6.42 Å². The smallest absolute Gasteiger partial charge is 0.145 e. The van der Waals surface area contributed by atoms with Crippen LogP contribution in [0.1, 0.15) is 34.8 Å². The van der Waals surface area contributed by atoms with Gasteiger partial charge in [0.05, 0.1) is 6.04 Å². The minimum atomic E-state index is 0.240. The highest BCUT2D eigenvalue weighted by molar-refractivity contribution is 6.30. The molecule has 1 aliphatic rings. The number of pyridine rings is 1. The summed E-state index contributed by atoms with van der Waals surface area (Å²) in [5.74, 6) is 0.750. The minimum Gasteiger partial charge on any atom is -0.363 e. The van der Waals surface area contributed by atoms with E-state index in [0.29, 0.717) is 5.69 Å². The summed E-state index contributed by atoms with van der Waals surface area (Å²) in [4.78, 5) is 4.35. The van der Waals surface area contributed by atoms with Gasteiger partial charge in [-0.15, -0.1) is 0 Å². The van der Waals surface area contributed by atoms with Crippen molar-refractivity contribution < 1.29 is 0 Å². The number of nitriles is 1. The molecule has 2 aromatic rings. The molecule has 1 heterocycles. The molecule has 1 N–H and O–H groups in total. The third-order valence-corrected chi connectivity index (χ3v) is 3.94. The first kappa shape index (κ1) is 13.0. The van der Waals surface area contributed by atoms with Crippen molar-refractivity contribution >= 4 is 17.4 Å². The van der Waals surface area contributed by atoms with Crippen LogP contribution in [-0.4, -0.2) is 4.98 Å². The third-order valence-electron chi connectivity index (χ3n) is 3.71. The van der Waals surface area contributed by atoms with Gasteiger partial charge in [0, 0.05) is 5.02 Å². The van der Waals surface area contributed by atoms with Gasteiger partial charge in [0.15, 0.2) is 0 Å². The average molecular weight is 284 g/mol. The molecule has 0 bridgehead atoms. The minimum absolute atomic E-state index is 0.240. The molecule has 0 radical (unpaired) electrons. The van der Waals surface area contributed by atoms with Crippen molar-refractivity contribution in [2.75, 3.05) is 5.32 Å². The summed E-state index contributed by atoms with van der Waals surface area (Å²) in [7, 11) is 0. The van der Waals surface area contributed by atoms with Gasteiger partial charge in [-0.25, -0.2) is 4.98 Å². The first-order valence-corrected chi connectivity index (χ1v) is 6.98. The van der Waals surface area contributed by atoms with Gasteiger partial charge in [-0.3, -0.25) is 0 Å². The van der Waals surface area contributed by atoms with Crippen LogP contribution < -0.4 is 5.32 Å². The second-order valence-corrected chi connectivity index (χ2v) is 5.49. The van der Waals surface area contributed by atoms with E-state index in [0.717, 1.165) is 29.2 Å². The summed E-state index contributed by atoms with van der Waals surface area (Å²) < 4.78 is 0. The van der Waals surface area contributed by atoms with Crippen molar-refractivity contribution in [1.29, 1.82) is 5.26 Å². The lowest BCUT2D eigenvalue weighted by atomic mass is 10.1. The topological polar surface area (TPSA) is 48.7 Å². The molecule has 1 atom stereocenters. The summed E-state index contributed by atoms with van der Waals surface area (Å²) in [6, 6.07) is 12.2. The average Bonchev–Trinajstić information content (AvgIpc) is 2.83. The van der Waals surface area contributed by atoms with Gasteiger partial charge < -0.3 is 5.32 Å². The normalized spacial score (nSPS) is 16.6. The largest absolute Gasteiger partial charge is 0.363 e. The zero-order valence-electron chi connectivity index (χ0n) is 11.2. The Kier molecular flexibility index (Phi) is 3.33. The first-order chi connectivity index (χ1) is 9.67. The van der Waals surface area contributed by atoms with Gasteiger partial charge in [0.1, 0.15) is 17.6 Å². The molecular formula is C16H14ClN3. The molecule has 4 heteroatoms. The Labute approximate surface area is 123 Å². The Morgan fingerprint density at radius 2 is 2.20 bits per heavy atom. The Morgan fingerprint density at radius 3 is 3.00 bits per heavy atom. The lowest BCUT2D eigenvalue weighted by Crippen LogP contribution is -2.09. The van der Waals surface area contributed by atoms with E-state index in [9.17, 15) is 0 Å². The fourth-order valence-electron chi connectivity index (χ4n) is 2.64. The lowest BCUT2D eigenvalue weighted by Gasteiger charge is -2.15. The standard InChI is InChI=1S/C16H14ClN3/c1-10-2-7-16(20-15(10)9-18)19-14-6-3-11-8-12(17)4-5-13(11)14/h2,4-5,7-8,14H,3,6H2,1H3,(H,19,20). The van der Waals surface area contributed by atoms with E-state index in [4.69, 9.17) is 16.9 Å². The number of fused-ring (bicyclic) bond motifs is 1. The van der Waals surface area contributed by atoms with Crippen LogP contribution in [0.5, 0.6) is 0 Å². The number of aryl methyl sites for hydroxylation is 2. The van der Waals surface area contributed by atoms with Crippen molar-refractivity contribution in [3.05, 3.63) is 57.7 Å². The van der Waals surface area contributed by atoms with Crippen LogP contribution in [0.25, 0.3) is 0 Å². The monoisotopic (exact) mass is 283 g/mol. The molecule has 3 nitrogen and oxygen atoms in total. The Bertz CT molecular complexity index is 703. The number of benzene rings is 1. The predicted octanol–water partition coefficient (Wildman–Crippen LogP) is 4.01. The fraction of sp³-hybridized carbons (Fsp3) is 0.250. The first-order valence-electron chi connectivity index (χ1n) is 6.60. The highest BCUT2D eigenvalue weighted by Crippen LogP contribution is 2.35. The summed E-state index contributed by atoms with van der Waals surface area (Å²) in [6.07, 6.45) is 2.04. The van der Waals surface area contributed by atoms with Crippen LogP contribution in [0.2, 0.25) is 5.02 Å². The van der Waals surface area contributed by atoms with Crippen LogP contribution in [0, 0.1) is 18.3 Å². The van der Waals surface area contributed by atoms with E-state index in [1.165, 1.54) is 11.1 Å². The molecule has 100 valence electrons. The van der Waals surface area contributed by atoms with Gasteiger partial charge in [-0.05, 0) is 54.7 Å². The maximum Gasteiger partial charge on any atom is 0.145 e. The molecule has 0 amide bonds. The molecule has 0 fully saturated rings. The van der Waals surface area contributed by atoms with Crippen molar-refractivity contribution in [3.63, 3.8) is 0 Å². The molecule has 1 unspecified atom stereocenters. The maximum atomic E-state index is 9.04. The van der Waals surface area contributed by atoms with Crippen LogP contribution in [0.3, 0.4) is 0 Å². The molecular weight excluding hydrogens is 270 g/mol. The molecule has 0 saturated carbocycles. The SMILES string of the molecule is Cc1ccc(NC2CCc3cc(Cl)ccc32)nc1C#N. The third kappa shape index (κ3) is 2.35. The van der Waals surface area contributed by atoms with Crippen molar-refractivity contribution in [3.8, 4) is 6.07 Å². The second kappa shape index (κ2) is 5.15. The maximum absolute atomic E-state index is 9.04. The molecule has 1 aromatic carbocycles. The van der Waals surface area contributed by atoms with Crippen LogP contribution in [0.4, 0.5) is 5.82 Å². The number of nitrogens with one attached hydrogen (secondary N) is 1. The molecule has 3 rings (SSSR count). The molecule has 1 aromatic heterocycles. The van der Waals surface area contributed by atoms with E-state index >= 15 is 0 Å². The van der Waals surface area contributed by atoms with Crippen LogP contribution in [0.15, 0.2) is 30.3 Å². The van der Waals surface area contributed by atoms with Gasteiger partial charge >= 0.3 is 0 Å². The van der Waals surface area contributed by atoms with Crippen molar-refractivity contribution in [2.45, 2.75) is 25.8 Å². The highest BCUT2D eigenvalue weighted by Gasteiger charge is 2.22. The van der Waals surface area contributed by atoms with Crippen molar-refractivity contribution in [1.82, 2.24) is 4.98 Å². The fourth-order valence-corrected chi connectivity index (χ4v) is 2.83. The molecule has 20 heavy (non-hydrogen) atoms. The molecule has 1 aliphatic carbocycles. The number of hydrogen-bond donors (Lipinski definition) is 1. The predicted molar refractivity (Wildman–Crippen MR) is 79.8 cm³/mol. The van der Waals surface area contributed by atoms with Crippen LogP contribution >= 0.6 is 11.6 Å². The zero-order valence-corrected chi connectivity index (χ0v) is 11.9. The molecule has 0 aliphatic heterocycles. The summed E-state index contributed by atoms with van der Waals surface area (Å²) in [5, 5.41) is 13.2. The van der Waals surface area contributed by atoms with Crippen molar-refractivity contribution in [2.24, 2.45) is 0 Å². The van der Waals surface area contributed by atoms with E-state index in [-0.39, 0.29) is 6.04 Å². The molecule has 0 spiro atoms. The van der Waals surface area contributed by atoms with Gasteiger partial charge in [-0.2, -0.15) is 5.26 Å². The summed E-state index contributed by atoms with van der Waals surface area (Å²) in [5.41, 5.74) is 3.94. The number of hydrogen-bond acceptors (Lipinski definition) is 3. The van der Waals surface area contributed by atoms with E-state index in [1.54, 1.807) is 0 Å². The van der Waals surface area contributed by atoms with Gasteiger partial charge in [0.25, 0.3) is 0 Å². The molecule has 0 saturated heterocycles. The summed E-state index contributed by atoms with van der Waals surface area (Å²) >= 11 is 6.02. The number of aromatic nitrogens is 1. The highest BCUT2D eigenvalue weighted by atomic mass is 35.5. The Morgan fingerprint density at radius 1 is 1.35 bits per heavy atom. The number of anilines is 1. The quantitative estimate of drug-likeness (QED) is 0.906. The zero-order chi connectivity index (χ0) is 14.1. The lowest BCUT2D eigenvalue weighted by molar-refractivity contribution is 0.757. The van der Waals surface area contributed by atoms with Gasteiger partial charge in [0.2, 0.25) is 0 Å². The number of nitrogens with zero attached hydrogens (tertiary/aromatic N) is 2. The number of halogens is 1. The second-order valence-electron chi connectivity index (χ2n) is 5.05. The Hall–Kier alpha value is -2.05.